The van der Waals surface area contributed by atoms with Crippen LogP contribution in [0.2, 0.25) is 0 Å². The van der Waals surface area contributed by atoms with Gasteiger partial charge < -0.3 is 9.64 Å². The normalized spacial score (nSPS) is 24.0. The lowest BCUT2D eigenvalue weighted by Crippen LogP contribution is -2.44. The number of aryl methyl sites for hydroxylation is 3. The standard InChI is InChI=1S/C21H21N3O/c1-13-8-14(2)20(15(3)9-13)24-12-23-19(22-24)11-25-18-10-16-6-4-5-7-17(16)21(18)23/h4-9,18,21H,10-11H2,1-3H3/t18-,21+/m1/s1. The van der Waals surface area contributed by atoms with Crippen molar-refractivity contribution in [1.29, 1.82) is 0 Å². The van der Waals surface area contributed by atoms with Gasteiger partial charge in [0.25, 0.3) is 0 Å². The van der Waals surface area contributed by atoms with Crippen molar-refractivity contribution in [3.8, 4) is 0 Å². The average molecular weight is 331 g/mol. The number of benzene rings is 2. The van der Waals surface area contributed by atoms with Crippen molar-refractivity contribution < 1.29 is 4.74 Å². The molecule has 2 atom stereocenters. The Morgan fingerprint density at radius 2 is 1.88 bits per heavy atom. The van der Waals surface area contributed by atoms with Crippen molar-refractivity contribution >= 4 is 11.5 Å². The van der Waals surface area contributed by atoms with Gasteiger partial charge in [0.2, 0.25) is 6.67 Å². The lowest BCUT2D eigenvalue weighted by atomic mass is 10.0. The van der Waals surface area contributed by atoms with Gasteiger partial charge in [-0.25, -0.2) is 5.01 Å². The molecule has 0 amide bonds. The maximum absolute atomic E-state index is 6.12. The lowest BCUT2D eigenvalue weighted by molar-refractivity contribution is 0.0119. The monoisotopic (exact) mass is 331 g/mol. The van der Waals surface area contributed by atoms with Crippen LogP contribution in [0.25, 0.3) is 0 Å². The molecule has 25 heavy (non-hydrogen) atoms. The third kappa shape index (κ3) is 2.20. The van der Waals surface area contributed by atoms with Crippen LogP contribution in [-0.4, -0.2) is 23.4 Å². The third-order valence-corrected chi connectivity index (χ3v) is 5.39. The van der Waals surface area contributed by atoms with E-state index in [4.69, 9.17) is 9.84 Å². The van der Waals surface area contributed by atoms with E-state index in [1.54, 1.807) is 0 Å². The highest BCUT2D eigenvalue weighted by Crippen LogP contribution is 2.44. The highest BCUT2D eigenvalue weighted by molar-refractivity contribution is 5.89. The Labute approximate surface area is 148 Å². The minimum Gasteiger partial charge on any atom is -0.367 e. The van der Waals surface area contributed by atoms with E-state index in [1.807, 2.05) is 5.01 Å². The van der Waals surface area contributed by atoms with Gasteiger partial charge in [-0.1, -0.05) is 42.0 Å². The molecule has 2 radical (unpaired) electrons. The predicted molar refractivity (Wildman–Crippen MR) is 98.3 cm³/mol. The predicted octanol–water partition coefficient (Wildman–Crippen LogP) is 3.74. The van der Waals surface area contributed by atoms with E-state index < -0.39 is 0 Å². The Balaban J connectivity index is 1.52. The van der Waals surface area contributed by atoms with Gasteiger partial charge in [0.15, 0.2) is 5.84 Å². The molecule has 2 aliphatic heterocycles. The fourth-order valence-electron chi connectivity index (χ4n) is 4.45. The summed E-state index contributed by atoms with van der Waals surface area (Å²) in [6.45, 7) is 10.5. The molecular formula is C21H21N3O. The van der Waals surface area contributed by atoms with Crippen LogP contribution in [0.15, 0.2) is 41.5 Å². The number of amidine groups is 1. The van der Waals surface area contributed by atoms with Crippen LogP contribution in [0.5, 0.6) is 0 Å². The Morgan fingerprint density at radius 3 is 2.68 bits per heavy atom. The maximum Gasteiger partial charge on any atom is 0.233 e. The second-order valence-electron chi connectivity index (χ2n) is 7.24. The molecule has 5 rings (SSSR count). The first-order valence-corrected chi connectivity index (χ1v) is 8.82. The number of rotatable bonds is 1. The van der Waals surface area contributed by atoms with E-state index in [0.717, 1.165) is 17.9 Å². The summed E-state index contributed by atoms with van der Waals surface area (Å²) in [5.74, 6) is 0.942. The average Bonchev–Trinajstić information content (AvgIpc) is 3.13. The zero-order valence-corrected chi connectivity index (χ0v) is 14.8. The molecule has 0 saturated carbocycles. The van der Waals surface area contributed by atoms with Gasteiger partial charge >= 0.3 is 0 Å². The van der Waals surface area contributed by atoms with Gasteiger partial charge in [-0.3, -0.25) is 0 Å². The van der Waals surface area contributed by atoms with Crippen LogP contribution < -0.4 is 5.01 Å². The minimum absolute atomic E-state index is 0.180. The fraction of sp³-hybridized carbons (Fsp3) is 0.333. The third-order valence-electron chi connectivity index (χ3n) is 5.39. The zero-order chi connectivity index (χ0) is 17.1. The van der Waals surface area contributed by atoms with Crippen molar-refractivity contribution in [1.82, 2.24) is 4.90 Å². The largest absolute Gasteiger partial charge is 0.367 e. The van der Waals surface area contributed by atoms with E-state index in [2.05, 4.69) is 68.7 Å². The number of hydrogen-bond donors (Lipinski definition) is 0. The second kappa shape index (κ2) is 5.33. The Morgan fingerprint density at radius 1 is 1.12 bits per heavy atom. The molecule has 0 bridgehead atoms. The van der Waals surface area contributed by atoms with Crippen molar-refractivity contribution in [3.63, 3.8) is 0 Å². The van der Waals surface area contributed by atoms with E-state index in [1.165, 1.54) is 27.8 Å². The molecule has 126 valence electrons. The number of hydrogen-bond acceptors (Lipinski definition) is 4. The van der Waals surface area contributed by atoms with Crippen molar-refractivity contribution in [2.75, 3.05) is 11.6 Å². The molecule has 2 heterocycles. The first-order valence-electron chi connectivity index (χ1n) is 8.82. The first kappa shape index (κ1) is 15.0. The molecule has 4 heteroatoms. The second-order valence-corrected chi connectivity index (χ2v) is 7.24. The number of nitrogens with zero attached hydrogens (tertiary/aromatic N) is 3. The SMILES string of the molecule is Cc1cc(C)c(N2[C]N3C(=N2)CO[C@@H]2Cc4ccccc4[C@@H]23)c(C)c1. The van der Waals surface area contributed by atoms with Crippen molar-refractivity contribution in [2.45, 2.75) is 39.3 Å². The van der Waals surface area contributed by atoms with Crippen LogP contribution in [0, 0.1) is 27.4 Å². The van der Waals surface area contributed by atoms with E-state index in [-0.39, 0.29) is 12.1 Å². The van der Waals surface area contributed by atoms with Crippen LogP contribution in [0.1, 0.15) is 33.9 Å². The van der Waals surface area contributed by atoms with Gasteiger partial charge in [0, 0.05) is 6.42 Å². The minimum atomic E-state index is 0.180. The number of fused-ring (bicyclic) bond motifs is 5. The summed E-state index contributed by atoms with van der Waals surface area (Å²) in [7, 11) is 0. The zero-order valence-electron chi connectivity index (χ0n) is 14.8. The molecule has 2 aromatic carbocycles. The van der Waals surface area contributed by atoms with Crippen LogP contribution >= 0.6 is 0 Å². The van der Waals surface area contributed by atoms with E-state index in [0.29, 0.717) is 6.61 Å². The van der Waals surface area contributed by atoms with Crippen LogP contribution in [0.3, 0.4) is 0 Å². The van der Waals surface area contributed by atoms with Gasteiger partial charge in [-0.05, 0) is 43.0 Å². The smallest absolute Gasteiger partial charge is 0.233 e. The summed E-state index contributed by atoms with van der Waals surface area (Å²) in [4.78, 5) is 2.19. The number of ether oxygens (including phenoxy) is 1. The maximum atomic E-state index is 6.12. The van der Waals surface area contributed by atoms with Crippen LogP contribution in [0.4, 0.5) is 5.69 Å². The molecule has 0 unspecified atom stereocenters. The number of anilines is 1. The highest BCUT2D eigenvalue weighted by Gasteiger charge is 2.46. The van der Waals surface area contributed by atoms with Crippen LogP contribution in [-0.2, 0) is 11.2 Å². The topological polar surface area (TPSA) is 28.1 Å². The summed E-state index contributed by atoms with van der Waals surface area (Å²) >= 11 is 0. The fourth-order valence-corrected chi connectivity index (χ4v) is 4.45. The summed E-state index contributed by atoms with van der Waals surface area (Å²) in [5.41, 5.74) is 7.55. The Kier molecular flexibility index (Phi) is 3.19. The molecule has 2 aromatic rings. The van der Waals surface area contributed by atoms with Gasteiger partial charge in [0.05, 0.1) is 17.8 Å². The molecular weight excluding hydrogens is 310 g/mol. The van der Waals surface area contributed by atoms with Gasteiger partial charge in [-0.15, -0.1) is 0 Å². The molecule has 1 fully saturated rings. The van der Waals surface area contributed by atoms with Gasteiger partial charge in [-0.2, -0.15) is 5.10 Å². The Bertz CT molecular complexity index is 865. The summed E-state index contributed by atoms with van der Waals surface area (Å²) in [6, 6.07) is 13.2. The molecule has 3 aliphatic rings. The van der Waals surface area contributed by atoms with E-state index >= 15 is 0 Å². The molecule has 0 N–H and O–H groups in total. The number of morpholine rings is 1. The Hall–Kier alpha value is -2.33. The molecule has 4 nitrogen and oxygen atoms in total. The summed E-state index contributed by atoms with van der Waals surface area (Å²) in [6.07, 6.45) is 1.15. The first-order chi connectivity index (χ1) is 12.1. The quantitative estimate of drug-likeness (QED) is 0.797. The van der Waals surface area contributed by atoms with Crippen molar-refractivity contribution in [3.05, 3.63) is 70.9 Å². The molecule has 1 saturated heterocycles. The van der Waals surface area contributed by atoms with E-state index in [9.17, 15) is 0 Å². The highest BCUT2D eigenvalue weighted by atomic mass is 16.5. The molecule has 0 aromatic heterocycles. The summed E-state index contributed by atoms with van der Waals surface area (Å²) < 4.78 is 6.12. The molecule has 1 aliphatic carbocycles. The van der Waals surface area contributed by atoms with Gasteiger partial charge in [0.1, 0.15) is 6.61 Å². The summed E-state index contributed by atoms with van der Waals surface area (Å²) in [5, 5.41) is 6.71. The number of hydrazone groups is 1. The van der Waals surface area contributed by atoms with Crippen molar-refractivity contribution in [2.24, 2.45) is 5.10 Å². The molecule has 0 spiro atoms. The lowest BCUT2D eigenvalue weighted by Gasteiger charge is -2.35.